The summed E-state index contributed by atoms with van der Waals surface area (Å²) in [6, 6.07) is 16.6. The van der Waals surface area contributed by atoms with E-state index in [1.165, 1.54) is 11.1 Å². The Labute approximate surface area is 125 Å². The lowest BCUT2D eigenvalue weighted by Crippen LogP contribution is -2.00. The third kappa shape index (κ3) is 4.46. The molecule has 2 nitrogen and oxygen atoms in total. The fourth-order valence-electron chi connectivity index (χ4n) is 2.09. The summed E-state index contributed by atoms with van der Waals surface area (Å²) in [5.41, 5.74) is 3.66. The Bertz CT molecular complexity index is 542. The molecular formula is C17H20ClNO. The SMILES string of the molecule is COc1cccc(CNc2cccc(CCCCl)c2)c1. The number of alkyl halides is 1. The predicted molar refractivity (Wildman–Crippen MR) is 85.8 cm³/mol. The van der Waals surface area contributed by atoms with Crippen LogP contribution >= 0.6 is 11.6 Å². The smallest absolute Gasteiger partial charge is 0.119 e. The number of hydrogen-bond donors (Lipinski definition) is 1. The Morgan fingerprint density at radius 1 is 1.05 bits per heavy atom. The molecule has 0 aromatic heterocycles. The monoisotopic (exact) mass is 289 g/mol. The van der Waals surface area contributed by atoms with Crippen molar-refractivity contribution in [1.29, 1.82) is 0 Å². The van der Waals surface area contributed by atoms with Crippen LogP contribution in [-0.2, 0) is 13.0 Å². The van der Waals surface area contributed by atoms with Crippen molar-refractivity contribution in [2.75, 3.05) is 18.3 Å². The Morgan fingerprint density at radius 3 is 2.65 bits per heavy atom. The van der Waals surface area contributed by atoms with Crippen LogP contribution in [-0.4, -0.2) is 13.0 Å². The molecule has 2 aromatic rings. The summed E-state index contributed by atoms with van der Waals surface area (Å²) in [5, 5.41) is 3.44. The second-order valence-electron chi connectivity index (χ2n) is 4.70. The molecule has 0 atom stereocenters. The zero-order valence-corrected chi connectivity index (χ0v) is 12.5. The molecule has 2 aromatic carbocycles. The highest BCUT2D eigenvalue weighted by atomic mass is 35.5. The number of hydrogen-bond acceptors (Lipinski definition) is 2. The largest absolute Gasteiger partial charge is 0.497 e. The number of nitrogens with one attached hydrogen (secondary N) is 1. The summed E-state index contributed by atoms with van der Waals surface area (Å²) < 4.78 is 5.23. The van der Waals surface area contributed by atoms with Gasteiger partial charge in [-0.2, -0.15) is 0 Å². The van der Waals surface area contributed by atoms with Crippen LogP contribution in [0.1, 0.15) is 17.5 Å². The lowest BCUT2D eigenvalue weighted by Gasteiger charge is -2.09. The molecule has 3 heteroatoms. The molecule has 0 radical (unpaired) electrons. The van der Waals surface area contributed by atoms with Gasteiger partial charge in [0.2, 0.25) is 0 Å². The quantitative estimate of drug-likeness (QED) is 0.759. The number of anilines is 1. The molecule has 0 aliphatic carbocycles. The summed E-state index contributed by atoms with van der Waals surface area (Å²) >= 11 is 5.73. The topological polar surface area (TPSA) is 21.3 Å². The average molecular weight is 290 g/mol. The van der Waals surface area contributed by atoms with Gasteiger partial charge in [-0.25, -0.2) is 0 Å². The van der Waals surface area contributed by atoms with Gasteiger partial charge in [-0.1, -0.05) is 24.3 Å². The number of halogens is 1. The van der Waals surface area contributed by atoms with Crippen LogP contribution in [0.3, 0.4) is 0 Å². The van der Waals surface area contributed by atoms with E-state index >= 15 is 0 Å². The van der Waals surface area contributed by atoms with E-state index in [0.717, 1.165) is 30.8 Å². The molecule has 0 unspecified atom stereocenters. The molecule has 0 heterocycles. The number of ether oxygens (including phenoxy) is 1. The molecule has 0 bridgehead atoms. The zero-order chi connectivity index (χ0) is 14.2. The fraction of sp³-hybridized carbons (Fsp3) is 0.294. The maximum atomic E-state index is 5.73. The summed E-state index contributed by atoms with van der Waals surface area (Å²) in [6.45, 7) is 0.788. The maximum absolute atomic E-state index is 5.73. The molecular weight excluding hydrogens is 270 g/mol. The van der Waals surface area contributed by atoms with E-state index < -0.39 is 0 Å². The van der Waals surface area contributed by atoms with Gasteiger partial charge in [0.1, 0.15) is 5.75 Å². The van der Waals surface area contributed by atoms with Crippen molar-refractivity contribution in [2.24, 2.45) is 0 Å². The second-order valence-corrected chi connectivity index (χ2v) is 5.08. The van der Waals surface area contributed by atoms with Gasteiger partial charge >= 0.3 is 0 Å². The van der Waals surface area contributed by atoms with Crippen LogP contribution in [0.15, 0.2) is 48.5 Å². The first-order valence-electron chi connectivity index (χ1n) is 6.83. The van der Waals surface area contributed by atoms with Crippen molar-refractivity contribution in [2.45, 2.75) is 19.4 Å². The van der Waals surface area contributed by atoms with Gasteiger partial charge in [-0.15, -0.1) is 11.6 Å². The number of benzene rings is 2. The molecule has 0 saturated heterocycles. The Balaban J connectivity index is 1.95. The van der Waals surface area contributed by atoms with Crippen molar-refractivity contribution in [3.63, 3.8) is 0 Å². The minimum atomic E-state index is 0.710. The average Bonchev–Trinajstić information content (AvgIpc) is 2.51. The normalized spacial score (nSPS) is 10.3. The molecule has 0 fully saturated rings. The maximum Gasteiger partial charge on any atom is 0.119 e. The van der Waals surface area contributed by atoms with Gasteiger partial charge in [0.05, 0.1) is 7.11 Å². The lowest BCUT2D eigenvalue weighted by atomic mass is 10.1. The Morgan fingerprint density at radius 2 is 1.85 bits per heavy atom. The minimum absolute atomic E-state index is 0.710. The number of rotatable bonds is 7. The van der Waals surface area contributed by atoms with E-state index in [1.807, 2.05) is 18.2 Å². The molecule has 20 heavy (non-hydrogen) atoms. The summed E-state index contributed by atoms with van der Waals surface area (Å²) in [4.78, 5) is 0. The molecule has 106 valence electrons. The van der Waals surface area contributed by atoms with Gasteiger partial charge in [-0.3, -0.25) is 0 Å². The van der Waals surface area contributed by atoms with Gasteiger partial charge in [0.25, 0.3) is 0 Å². The standard InChI is InChI=1S/C17H20ClNO/c1-20-17-9-3-6-15(12-17)13-19-16-8-2-5-14(11-16)7-4-10-18/h2-3,5-6,8-9,11-12,19H,4,7,10,13H2,1H3. The molecule has 1 N–H and O–H groups in total. The third-order valence-electron chi connectivity index (χ3n) is 3.16. The zero-order valence-electron chi connectivity index (χ0n) is 11.7. The van der Waals surface area contributed by atoms with Gasteiger partial charge in [0.15, 0.2) is 0 Å². The summed E-state index contributed by atoms with van der Waals surface area (Å²) in [7, 11) is 1.69. The first-order valence-corrected chi connectivity index (χ1v) is 7.37. The van der Waals surface area contributed by atoms with Crippen molar-refractivity contribution < 1.29 is 4.74 Å². The third-order valence-corrected chi connectivity index (χ3v) is 3.42. The van der Waals surface area contributed by atoms with Crippen LogP contribution in [0.4, 0.5) is 5.69 Å². The molecule has 0 aliphatic heterocycles. The summed E-state index contributed by atoms with van der Waals surface area (Å²) in [5.74, 6) is 1.60. The van der Waals surface area contributed by atoms with Gasteiger partial charge in [-0.05, 0) is 48.2 Å². The van der Waals surface area contributed by atoms with Crippen LogP contribution < -0.4 is 10.1 Å². The van der Waals surface area contributed by atoms with Gasteiger partial charge in [0, 0.05) is 18.1 Å². The summed E-state index contributed by atoms with van der Waals surface area (Å²) in [6.07, 6.45) is 2.04. The first-order chi connectivity index (χ1) is 9.81. The van der Waals surface area contributed by atoms with E-state index in [2.05, 4.69) is 35.6 Å². The highest BCUT2D eigenvalue weighted by molar-refractivity contribution is 6.17. The van der Waals surface area contributed by atoms with E-state index in [0.29, 0.717) is 5.88 Å². The second kappa shape index (κ2) is 7.81. The highest BCUT2D eigenvalue weighted by Gasteiger charge is 1.98. The minimum Gasteiger partial charge on any atom is -0.497 e. The van der Waals surface area contributed by atoms with Gasteiger partial charge < -0.3 is 10.1 Å². The van der Waals surface area contributed by atoms with Crippen molar-refractivity contribution >= 4 is 17.3 Å². The molecule has 0 aliphatic rings. The van der Waals surface area contributed by atoms with E-state index in [-0.39, 0.29) is 0 Å². The van der Waals surface area contributed by atoms with Crippen molar-refractivity contribution in [3.05, 3.63) is 59.7 Å². The van der Waals surface area contributed by atoms with E-state index in [4.69, 9.17) is 16.3 Å². The van der Waals surface area contributed by atoms with E-state index in [1.54, 1.807) is 7.11 Å². The highest BCUT2D eigenvalue weighted by Crippen LogP contribution is 2.16. The molecule has 2 rings (SSSR count). The molecule has 0 saturated carbocycles. The predicted octanol–water partition coefficient (Wildman–Crippen LogP) is 4.48. The van der Waals surface area contributed by atoms with E-state index in [9.17, 15) is 0 Å². The Kier molecular flexibility index (Phi) is 5.75. The van der Waals surface area contributed by atoms with Crippen molar-refractivity contribution in [3.8, 4) is 5.75 Å². The molecule has 0 spiro atoms. The number of methoxy groups -OCH3 is 1. The Hall–Kier alpha value is -1.67. The van der Waals surface area contributed by atoms with Crippen molar-refractivity contribution in [1.82, 2.24) is 0 Å². The molecule has 0 amide bonds. The first kappa shape index (κ1) is 14.7. The van der Waals surface area contributed by atoms with Crippen LogP contribution in [0.25, 0.3) is 0 Å². The van der Waals surface area contributed by atoms with Crippen LogP contribution in [0.2, 0.25) is 0 Å². The van der Waals surface area contributed by atoms with Crippen LogP contribution in [0, 0.1) is 0 Å². The van der Waals surface area contributed by atoms with Crippen LogP contribution in [0.5, 0.6) is 5.75 Å². The lowest BCUT2D eigenvalue weighted by molar-refractivity contribution is 0.414. The number of aryl methyl sites for hydroxylation is 1. The fourth-order valence-corrected chi connectivity index (χ4v) is 2.23.